The van der Waals surface area contributed by atoms with E-state index in [1.807, 2.05) is 12.2 Å². The first kappa shape index (κ1) is 31.5. The Labute approximate surface area is 239 Å². The summed E-state index contributed by atoms with van der Waals surface area (Å²) in [5, 5.41) is 5.48. The van der Waals surface area contributed by atoms with Crippen LogP contribution in [0.5, 0.6) is 0 Å². The maximum absolute atomic E-state index is 3.05. The fourth-order valence-electron chi connectivity index (χ4n) is 3.95. The molecule has 0 nitrogen and oxygen atoms in total. The monoisotopic (exact) mass is 560 g/mol. The van der Waals surface area contributed by atoms with Gasteiger partial charge in [-0.1, -0.05) is 76.9 Å². The smallest absolute Gasteiger partial charge is 1.00 e. The van der Waals surface area contributed by atoms with Crippen LogP contribution >= 0.6 is 0 Å². The maximum atomic E-state index is 3.05. The second-order valence-corrected chi connectivity index (χ2v) is 11.2. The van der Waals surface area contributed by atoms with Gasteiger partial charge in [0.05, 0.1) is 0 Å². The molecular formula is C33H39ClZr. The van der Waals surface area contributed by atoms with Crippen molar-refractivity contribution in [2.75, 3.05) is 0 Å². The van der Waals surface area contributed by atoms with Gasteiger partial charge in [0.25, 0.3) is 0 Å². The van der Waals surface area contributed by atoms with Gasteiger partial charge < -0.3 is 12.4 Å². The minimum Gasteiger partial charge on any atom is -1.00 e. The third-order valence-electron chi connectivity index (χ3n) is 6.18. The normalized spacial score (nSPS) is 14.3. The molecule has 0 spiro atoms. The third-order valence-corrected chi connectivity index (χ3v) is 6.18. The standard InChI is InChI=1S/C21H25.2C6H7.ClH.Zr/c1-20(2,3)16-7-9-18-14(12-16)11-15-13-17(21(4,5)6)8-10-19(15)18;2*1-6-4-2-3-5-6;;/h7-13H,1-6H3;2*4-5H,2H2,1H3;1H;/q3*-1;;+4/p-1. The molecule has 0 fully saturated rings. The molecule has 0 bridgehead atoms. The molecule has 0 aliphatic heterocycles. The quantitative estimate of drug-likeness (QED) is 0.268. The summed E-state index contributed by atoms with van der Waals surface area (Å²) in [4.78, 5) is 0. The molecule has 0 radical (unpaired) electrons. The number of allylic oxidation sites excluding steroid dienone is 8. The number of fused-ring (bicyclic) bond motifs is 3. The molecule has 0 unspecified atom stereocenters. The van der Waals surface area contributed by atoms with Crippen LogP contribution in [0, 0.1) is 12.2 Å². The molecule has 0 saturated carbocycles. The Balaban J connectivity index is 0.000000360. The minimum absolute atomic E-state index is 0. The average molecular weight is 562 g/mol. The molecule has 5 rings (SSSR count). The maximum Gasteiger partial charge on any atom is 4.00 e. The van der Waals surface area contributed by atoms with Gasteiger partial charge in [-0.25, -0.2) is 23.3 Å². The Morgan fingerprint density at radius 2 is 1.03 bits per heavy atom. The van der Waals surface area contributed by atoms with Crippen LogP contribution in [0.1, 0.15) is 79.4 Å². The molecule has 3 aromatic carbocycles. The van der Waals surface area contributed by atoms with Crippen molar-refractivity contribution in [3.8, 4) is 0 Å². The Morgan fingerprint density at radius 1 is 0.657 bits per heavy atom. The van der Waals surface area contributed by atoms with Crippen molar-refractivity contribution in [3.05, 3.63) is 101 Å². The van der Waals surface area contributed by atoms with E-state index in [-0.39, 0.29) is 49.4 Å². The summed E-state index contributed by atoms with van der Waals surface area (Å²) in [5.41, 5.74) is 5.90. The van der Waals surface area contributed by atoms with Gasteiger partial charge in [-0.15, -0.1) is 66.4 Å². The molecule has 35 heavy (non-hydrogen) atoms. The minimum atomic E-state index is 0. The first-order valence-electron chi connectivity index (χ1n) is 12.1. The van der Waals surface area contributed by atoms with Crippen LogP contribution in [0.15, 0.2) is 77.9 Å². The van der Waals surface area contributed by atoms with Gasteiger partial charge in [0, 0.05) is 0 Å². The van der Waals surface area contributed by atoms with Gasteiger partial charge in [0.15, 0.2) is 0 Å². The number of halogens is 1. The number of rotatable bonds is 0. The van der Waals surface area contributed by atoms with Crippen molar-refractivity contribution < 1.29 is 38.6 Å². The van der Waals surface area contributed by atoms with Gasteiger partial charge in [-0.05, 0) is 10.8 Å². The largest absolute Gasteiger partial charge is 4.00 e. The number of benzene rings is 2. The fourth-order valence-corrected chi connectivity index (χ4v) is 3.95. The van der Waals surface area contributed by atoms with Crippen molar-refractivity contribution in [2.45, 2.75) is 79.1 Å². The summed E-state index contributed by atoms with van der Waals surface area (Å²) < 4.78 is 0. The van der Waals surface area contributed by atoms with Crippen LogP contribution in [0.2, 0.25) is 0 Å². The van der Waals surface area contributed by atoms with Gasteiger partial charge in [-0.3, -0.25) is 12.2 Å². The van der Waals surface area contributed by atoms with E-state index in [1.54, 1.807) is 0 Å². The summed E-state index contributed by atoms with van der Waals surface area (Å²) in [7, 11) is 0. The van der Waals surface area contributed by atoms with Crippen LogP contribution in [-0.2, 0) is 37.0 Å². The Kier molecular flexibility index (Phi) is 11.8. The molecule has 0 saturated heterocycles. The van der Waals surface area contributed by atoms with E-state index in [1.165, 1.54) is 43.8 Å². The summed E-state index contributed by atoms with van der Waals surface area (Å²) >= 11 is 0. The van der Waals surface area contributed by atoms with Crippen LogP contribution in [0.3, 0.4) is 0 Å². The molecule has 3 aromatic rings. The predicted octanol–water partition coefficient (Wildman–Crippen LogP) is 6.70. The van der Waals surface area contributed by atoms with Gasteiger partial charge in [-0.2, -0.15) is 12.2 Å². The first-order valence-corrected chi connectivity index (χ1v) is 12.1. The summed E-state index contributed by atoms with van der Waals surface area (Å²) in [6.07, 6.45) is 16.5. The SMILES string of the molecule is CC(C)(C)c1ccc2c(c1)[cH-]c1cc(C(C)(C)C)ccc12.CC1=CC[C-]=C1.CC1=CC[C-]=C1.[Cl-].[Zr+4]. The van der Waals surface area contributed by atoms with E-state index in [4.69, 9.17) is 0 Å². The molecule has 182 valence electrons. The van der Waals surface area contributed by atoms with Crippen molar-refractivity contribution in [2.24, 2.45) is 0 Å². The first-order chi connectivity index (χ1) is 15.4. The predicted molar refractivity (Wildman–Crippen MR) is 147 cm³/mol. The fraction of sp³-hybridized carbons (Fsp3) is 0.364. The topological polar surface area (TPSA) is 0 Å². The number of hydrogen-bond acceptors (Lipinski definition) is 0. The van der Waals surface area contributed by atoms with E-state index in [2.05, 4.69) is 122 Å². The van der Waals surface area contributed by atoms with E-state index in [0.717, 1.165) is 12.8 Å². The number of hydrogen-bond donors (Lipinski definition) is 0. The molecule has 2 heteroatoms. The average Bonchev–Trinajstić information content (AvgIpc) is 3.47. The van der Waals surface area contributed by atoms with Gasteiger partial charge in [0.1, 0.15) is 0 Å². The zero-order valence-corrected chi connectivity index (χ0v) is 25.9. The molecule has 0 amide bonds. The van der Waals surface area contributed by atoms with Crippen molar-refractivity contribution in [3.63, 3.8) is 0 Å². The summed E-state index contributed by atoms with van der Waals surface area (Å²) in [5.74, 6) is 0. The van der Waals surface area contributed by atoms with E-state index in [9.17, 15) is 0 Å². The van der Waals surface area contributed by atoms with Crippen molar-refractivity contribution in [1.82, 2.24) is 0 Å². The molecule has 0 aromatic heterocycles. The molecule has 0 atom stereocenters. The van der Waals surface area contributed by atoms with Gasteiger partial charge in [0.2, 0.25) is 0 Å². The second kappa shape index (κ2) is 13.1. The van der Waals surface area contributed by atoms with E-state index >= 15 is 0 Å². The molecule has 2 aliphatic carbocycles. The molecule has 0 N–H and O–H groups in total. The molecular weight excluding hydrogens is 523 g/mol. The zero-order valence-electron chi connectivity index (χ0n) is 22.6. The van der Waals surface area contributed by atoms with Crippen LogP contribution in [0.4, 0.5) is 0 Å². The van der Waals surface area contributed by atoms with Gasteiger partial charge >= 0.3 is 26.2 Å². The third kappa shape index (κ3) is 8.80. The van der Waals surface area contributed by atoms with Crippen LogP contribution in [0.25, 0.3) is 21.5 Å². The van der Waals surface area contributed by atoms with E-state index in [0.29, 0.717) is 0 Å². The van der Waals surface area contributed by atoms with E-state index < -0.39 is 0 Å². The van der Waals surface area contributed by atoms with Crippen LogP contribution in [-0.4, -0.2) is 0 Å². The second-order valence-electron chi connectivity index (χ2n) is 11.2. The molecule has 2 aliphatic rings. The zero-order chi connectivity index (χ0) is 24.2. The summed E-state index contributed by atoms with van der Waals surface area (Å²) in [6.45, 7) is 17.8. The summed E-state index contributed by atoms with van der Waals surface area (Å²) in [6, 6.07) is 16.2. The van der Waals surface area contributed by atoms with Crippen LogP contribution < -0.4 is 12.4 Å². The van der Waals surface area contributed by atoms with Crippen molar-refractivity contribution >= 4 is 21.5 Å². The van der Waals surface area contributed by atoms with Crippen molar-refractivity contribution in [1.29, 1.82) is 0 Å². The molecule has 0 heterocycles. The Bertz CT molecular complexity index is 1130. The Hall–Kier alpha value is -1.56. The Morgan fingerprint density at radius 3 is 1.26 bits per heavy atom.